The highest BCUT2D eigenvalue weighted by Crippen LogP contribution is 2.19. The van der Waals surface area contributed by atoms with Gasteiger partial charge >= 0.3 is 0 Å². The number of nitrogens with one attached hydrogen (secondary N) is 1. The van der Waals surface area contributed by atoms with Gasteiger partial charge in [0.05, 0.1) is 16.6 Å². The molecule has 1 heterocycles. The van der Waals surface area contributed by atoms with Gasteiger partial charge in [0.15, 0.2) is 0 Å². The number of nitrogens with zero attached hydrogens (tertiary/aromatic N) is 1. The number of hydrogen-bond acceptors (Lipinski definition) is 3. The molecule has 0 unspecified atom stereocenters. The van der Waals surface area contributed by atoms with Crippen LogP contribution in [0, 0.1) is 0 Å². The van der Waals surface area contributed by atoms with E-state index in [4.69, 9.17) is 10.7 Å². The largest absolute Gasteiger partial charge is 0.278 e. The standard InChI is InChI=1S/C7H5ClN2O2S/c8-13(11,12)6-2-1-5-4-9-10-7(5)3-6/h1-4H,(H,9,10). The maximum Gasteiger partial charge on any atom is 0.261 e. The first kappa shape index (κ1) is 8.52. The first-order valence-electron chi connectivity index (χ1n) is 3.45. The Kier molecular flexibility index (Phi) is 1.78. The van der Waals surface area contributed by atoms with Crippen LogP contribution in [0.15, 0.2) is 29.3 Å². The molecule has 0 saturated heterocycles. The predicted molar refractivity (Wildman–Crippen MR) is 49.1 cm³/mol. The van der Waals surface area contributed by atoms with Crippen molar-refractivity contribution in [2.45, 2.75) is 4.90 Å². The highest BCUT2D eigenvalue weighted by molar-refractivity contribution is 8.13. The lowest BCUT2D eigenvalue weighted by Crippen LogP contribution is -1.89. The van der Waals surface area contributed by atoms with E-state index in [0.717, 1.165) is 5.39 Å². The number of fused-ring (bicyclic) bond motifs is 1. The monoisotopic (exact) mass is 216 g/mol. The van der Waals surface area contributed by atoms with Crippen molar-refractivity contribution < 1.29 is 8.42 Å². The van der Waals surface area contributed by atoms with Crippen LogP contribution in [0.3, 0.4) is 0 Å². The zero-order chi connectivity index (χ0) is 9.47. The van der Waals surface area contributed by atoms with Crippen LogP contribution in [0.1, 0.15) is 0 Å². The predicted octanol–water partition coefficient (Wildman–Crippen LogP) is 1.49. The van der Waals surface area contributed by atoms with Gasteiger partial charge in [0.25, 0.3) is 9.05 Å². The van der Waals surface area contributed by atoms with E-state index in [9.17, 15) is 8.42 Å². The summed E-state index contributed by atoms with van der Waals surface area (Å²) in [6.45, 7) is 0. The topological polar surface area (TPSA) is 62.8 Å². The SMILES string of the molecule is O=S(=O)(Cl)c1ccc2cn[nH]c2c1. The summed E-state index contributed by atoms with van der Waals surface area (Å²) in [5.74, 6) is 0. The third-order valence-electron chi connectivity index (χ3n) is 1.69. The van der Waals surface area contributed by atoms with Crippen LogP contribution in [-0.2, 0) is 9.05 Å². The lowest BCUT2D eigenvalue weighted by Gasteiger charge is -1.94. The lowest BCUT2D eigenvalue weighted by molar-refractivity contribution is 0.609. The van der Waals surface area contributed by atoms with Gasteiger partial charge in [-0.25, -0.2) is 8.42 Å². The van der Waals surface area contributed by atoms with Crippen molar-refractivity contribution in [2.75, 3.05) is 0 Å². The molecule has 0 aliphatic carbocycles. The minimum Gasteiger partial charge on any atom is -0.278 e. The third-order valence-corrected chi connectivity index (χ3v) is 3.05. The van der Waals surface area contributed by atoms with E-state index in [-0.39, 0.29) is 4.90 Å². The first-order chi connectivity index (χ1) is 6.07. The Morgan fingerprint density at radius 3 is 2.85 bits per heavy atom. The summed E-state index contributed by atoms with van der Waals surface area (Å²) in [4.78, 5) is 0.0749. The van der Waals surface area contributed by atoms with Gasteiger partial charge in [0.1, 0.15) is 0 Å². The van der Waals surface area contributed by atoms with Crippen LogP contribution in [0.2, 0.25) is 0 Å². The van der Waals surface area contributed by atoms with E-state index < -0.39 is 9.05 Å². The fourth-order valence-corrected chi connectivity index (χ4v) is 1.84. The number of rotatable bonds is 1. The second-order valence-electron chi connectivity index (χ2n) is 2.56. The molecule has 6 heteroatoms. The van der Waals surface area contributed by atoms with E-state index in [1.165, 1.54) is 12.1 Å². The van der Waals surface area contributed by atoms with Crippen molar-refractivity contribution in [2.24, 2.45) is 0 Å². The van der Waals surface area contributed by atoms with Gasteiger partial charge in [-0.15, -0.1) is 0 Å². The summed E-state index contributed by atoms with van der Waals surface area (Å²) >= 11 is 0. The average molecular weight is 217 g/mol. The second kappa shape index (κ2) is 2.71. The van der Waals surface area contributed by atoms with Crippen molar-refractivity contribution in [1.29, 1.82) is 0 Å². The normalized spacial score (nSPS) is 12.1. The number of halogens is 1. The molecular weight excluding hydrogens is 212 g/mol. The summed E-state index contributed by atoms with van der Waals surface area (Å²) in [6.07, 6.45) is 1.61. The Hall–Kier alpha value is -1.07. The molecule has 0 atom stereocenters. The van der Waals surface area contributed by atoms with Gasteiger partial charge in [-0.2, -0.15) is 5.10 Å². The number of aromatic nitrogens is 2. The molecule has 4 nitrogen and oxygen atoms in total. The molecule has 0 aliphatic heterocycles. The van der Waals surface area contributed by atoms with Gasteiger partial charge in [0, 0.05) is 16.1 Å². The molecule has 1 aromatic carbocycles. The summed E-state index contributed by atoms with van der Waals surface area (Å²) in [5, 5.41) is 7.27. The highest BCUT2D eigenvalue weighted by Gasteiger charge is 2.10. The molecular formula is C7H5ClN2O2S. The average Bonchev–Trinajstić information content (AvgIpc) is 2.47. The molecule has 0 aliphatic rings. The maximum atomic E-state index is 10.9. The number of aromatic amines is 1. The van der Waals surface area contributed by atoms with Crippen molar-refractivity contribution >= 4 is 30.6 Å². The molecule has 68 valence electrons. The van der Waals surface area contributed by atoms with Gasteiger partial charge in [0.2, 0.25) is 0 Å². The second-order valence-corrected chi connectivity index (χ2v) is 5.12. The molecule has 13 heavy (non-hydrogen) atoms. The molecule has 2 rings (SSSR count). The molecule has 0 spiro atoms. The first-order valence-corrected chi connectivity index (χ1v) is 5.76. The molecule has 0 fully saturated rings. The molecule has 0 bridgehead atoms. The number of H-pyrrole nitrogens is 1. The fourth-order valence-electron chi connectivity index (χ4n) is 1.07. The van der Waals surface area contributed by atoms with Gasteiger partial charge < -0.3 is 0 Å². The van der Waals surface area contributed by atoms with Crippen LogP contribution in [0.25, 0.3) is 10.9 Å². The van der Waals surface area contributed by atoms with Crippen LogP contribution in [-0.4, -0.2) is 18.6 Å². The molecule has 1 N–H and O–H groups in total. The summed E-state index contributed by atoms with van der Waals surface area (Å²) in [6, 6.07) is 4.54. The number of hydrogen-bond donors (Lipinski definition) is 1. The Morgan fingerprint density at radius 2 is 2.15 bits per heavy atom. The van der Waals surface area contributed by atoms with E-state index >= 15 is 0 Å². The Bertz CT molecular complexity index is 546. The van der Waals surface area contributed by atoms with Gasteiger partial charge in [-0.05, 0) is 18.2 Å². The van der Waals surface area contributed by atoms with Crippen LogP contribution >= 0.6 is 10.7 Å². The highest BCUT2D eigenvalue weighted by atomic mass is 35.7. The Morgan fingerprint density at radius 1 is 1.38 bits per heavy atom. The van der Waals surface area contributed by atoms with E-state index in [1.54, 1.807) is 12.3 Å². The zero-order valence-electron chi connectivity index (χ0n) is 6.36. The van der Waals surface area contributed by atoms with Gasteiger partial charge in [-0.3, -0.25) is 5.10 Å². The molecule has 2 aromatic rings. The van der Waals surface area contributed by atoms with E-state index in [2.05, 4.69) is 10.2 Å². The fraction of sp³-hybridized carbons (Fsp3) is 0. The lowest BCUT2D eigenvalue weighted by atomic mass is 10.3. The molecule has 0 radical (unpaired) electrons. The zero-order valence-corrected chi connectivity index (χ0v) is 7.93. The number of benzene rings is 1. The third kappa shape index (κ3) is 1.52. The molecule has 0 saturated carbocycles. The van der Waals surface area contributed by atoms with Crippen molar-refractivity contribution in [1.82, 2.24) is 10.2 Å². The minimum absolute atomic E-state index is 0.0749. The summed E-state index contributed by atoms with van der Waals surface area (Å²) < 4.78 is 21.9. The quantitative estimate of drug-likeness (QED) is 0.735. The maximum absolute atomic E-state index is 10.9. The van der Waals surface area contributed by atoms with Crippen LogP contribution < -0.4 is 0 Å². The smallest absolute Gasteiger partial charge is 0.261 e. The van der Waals surface area contributed by atoms with E-state index in [1.807, 2.05) is 0 Å². The van der Waals surface area contributed by atoms with E-state index in [0.29, 0.717) is 5.52 Å². The van der Waals surface area contributed by atoms with Crippen molar-refractivity contribution in [3.05, 3.63) is 24.4 Å². The Balaban J connectivity index is 2.75. The summed E-state index contributed by atoms with van der Waals surface area (Å²) in [5.41, 5.74) is 0.654. The van der Waals surface area contributed by atoms with Crippen LogP contribution in [0.4, 0.5) is 0 Å². The molecule has 1 aromatic heterocycles. The molecule has 0 amide bonds. The van der Waals surface area contributed by atoms with Crippen molar-refractivity contribution in [3.63, 3.8) is 0 Å². The summed E-state index contributed by atoms with van der Waals surface area (Å²) in [7, 11) is 1.52. The minimum atomic E-state index is -3.65. The van der Waals surface area contributed by atoms with Crippen LogP contribution in [0.5, 0.6) is 0 Å². The van der Waals surface area contributed by atoms with Crippen molar-refractivity contribution in [3.8, 4) is 0 Å². The Labute approximate surface area is 78.9 Å². The van der Waals surface area contributed by atoms with Gasteiger partial charge in [-0.1, -0.05) is 0 Å².